The van der Waals surface area contributed by atoms with Crippen LogP contribution in [0.2, 0.25) is 0 Å². The van der Waals surface area contributed by atoms with Gasteiger partial charge in [0.15, 0.2) is 0 Å². The highest BCUT2D eigenvalue weighted by Crippen LogP contribution is 2.24. The maximum atomic E-state index is 13.5. The topological polar surface area (TPSA) is 67.4 Å². The Labute approximate surface area is 117 Å². The molecule has 0 spiro atoms. The average molecular weight is 300 g/mol. The van der Waals surface area contributed by atoms with E-state index in [1.165, 1.54) is 18.2 Å². The van der Waals surface area contributed by atoms with E-state index in [1.54, 1.807) is 0 Å². The van der Waals surface area contributed by atoms with Crippen molar-refractivity contribution in [1.82, 2.24) is 10.0 Å². The molecule has 1 aromatic carbocycles. The van der Waals surface area contributed by atoms with Crippen LogP contribution in [0.4, 0.5) is 4.39 Å². The molecule has 3 rings (SSSR count). The van der Waals surface area contributed by atoms with E-state index in [1.807, 2.05) is 0 Å². The van der Waals surface area contributed by atoms with Crippen LogP contribution in [0.1, 0.15) is 12.8 Å². The lowest BCUT2D eigenvalue weighted by Gasteiger charge is -2.44. The number of nitrogens with one attached hydrogen (secondary N) is 2. The molecule has 2 saturated heterocycles. The van der Waals surface area contributed by atoms with Gasteiger partial charge in [-0.2, -0.15) is 0 Å². The minimum atomic E-state index is -3.82. The van der Waals surface area contributed by atoms with Crippen molar-refractivity contribution in [2.45, 2.75) is 36.0 Å². The highest BCUT2D eigenvalue weighted by Gasteiger charge is 2.37. The van der Waals surface area contributed by atoms with Crippen molar-refractivity contribution in [3.8, 4) is 0 Å². The predicted octanol–water partition coefficient (Wildman–Crippen LogP) is 0.623. The van der Waals surface area contributed by atoms with E-state index in [0.29, 0.717) is 6.04 Å². The molecule has 5 nitrogen and oxygen atoms in total. The molecule has 0 aromatic heterocycles. The van der Waals surface area contributed by atoms with Crippen molar-refractivity contribution in [3.05, 3.63) is 30.1 Å². The largest absolute Gasteiger partial charge is 0.371 e. The quantitative estimate of drug-likeness (QED) is 0.855. The summed E-state index contributed by atoms with van der Waals surface area (Å²) >= 11 is 0. The zero-order chi connectivity index (χ0) is 14.2. The fraction of sp³-hybridized carbons (Fsp3) is 0.538. The third-order valence-corrected chi connectivity index (χ3v) is 5.28. The third kappa shape index (κ3) is 2.71. The van der Waals surface area contributed by atoms with Crippen molar-refractivity contribution in [2.75, 3.05) is 13.1 Å². The van der Waals surface area contributed by atoms with Crippen LogP contribution >= 0.6 is 0 Å². The molecule has 2 fully saturated rings. The van der Waals surface area contributed by atoms with Crippen LogP contribution in [-0.2, 0) is 14.8 Å². The Kier molecular flexibility index (Phi) is 3.76. The second kappa shape index (κ2) is 5.40. The Morgan fingerprint density at radius 1 is 1.35 bits per heavy atom. The standard InChI is InChI=1S/C13H17FN2O3S/c14-10-3-1-2-4-13(10)20(17,18)16-7-9-5-6-11-12(19-9)8-15-11/h1-4,9,11-12,15-16H,5-8H2/t9-,11+,12+/m0/s1. The maximum absolute atomic E-state index is 13.5. The molecule has 2 N–H and O–H groups in total. The number of hydrogen-bond acceptors (Lipinski definition) is 4. The Hall–Kier alpha value is -1.02. The first kappa shape index (κ1) is 13.9. The van der Waals surface area contributed by atoms with Gasteiger partial charge in [-0.15, -0.1) is 0 Å². The second-order valence-corrected chi connectivity index (χ2v) is 6.91. The monoisotopic (exact) mass is 300 g/mol. The molecule has 0 bridgehead atoms. The molecule has 2 heterocycles. The molecule has 0 amide bonds. The first-order valence-electron chi connectivity index (χ1n) is 6.69. The fourth-order valence-electron chi connectivity index (χ4n) is 2.59. The first-order chi connectivity index (χ1) is 9.56. The number of halogens is 1. The lowest BCUT2D eigenvalue weighted by molar-refractivity contribution is -0.0999. The van der Waals surface area contributed by atoms with Gasteiger partial charge in [0.25, 0.3) is 0 Å². The molecule has 20 heavy (non-hydrogen) atoms. The summed E-state index contributed by atoms with van der Waals surface area (Å²) in [5.74, 6) is -0.743. The number of rotatable bonds is 4. The molecular weight excluding hydrogens is 283 g/mol. The van der Waals surface area contributed by atoms with E-state index in [9.17, 15) is 12.8 Å². The molecule has 1 aromatic rings. The van der Waals surface area contributed by atoms with Gasteiger partial charge < -0.3 is 10.1 Å². The van der Waals surface area contributed by atoms with Gasteiger partial charge in [-0.3, -0.25) is 0 Å². The molecule has 7 heteroatoms. The normalized spacial score (nSPS) is 29.6. The summed E-state index contributed by atoms with van der Waals surface area (Å²) < 4.78 is 45.8. The Morgan fingerprint density at radius 2 is 2.15 bits per heavy atom. The van der Waals surface area contributed by atoms with Gasteiger partial charge in [0.05, 0.1) is 12.2 Å². The average Bonchev–Trinajstić information content (AvgIpc) is 2.39. The smallest absolute Gasteiger partial charge is 0.243 e. The summed E-state index contributed by atoms with van der Waals surface area (Å²) in [6, 6.07) is 5.76. The van der Waals surface area contributed by atoms with Crippen LogP contribution in [0.3, 0.4) is 0 Å². The molecule has 2 aliphatic heterocycles. The van der Waals surface area contributed by atoms with Gasteiger partial charge in [-0.05, 0) is 25.0 Å². The fourth-order valence-corrected chi connectivity index (χ4v) is 3.73. The van der Waals surface area contributed by atoms with Gasteiger partial charge >= 0.3 is 0 Å². The Morgan fingerprint density at radius 3 is 2.80 bits per heavy atom. The molecule has 0 aliphatic carbocycles. The van der Waals surface area contributed by atoms with E-state index in [0.717, 1.165) is 25.5 Å². The minimum absolute atomic E-state index is 0.139. The highest BCUT2D eigenvalue weighted by atomic mass is 32.2. The summed E-state index contributed by atoms with van der Waals surface area (Å²) in [5, 5.41) is 3.26. The summed E-state index contributed by atoms with van der Waals surface area (Å²) in [6.07, 6.45) is 1.83. The van der Waals surface area contributed by atoms with Crippen LogP contribution in [-0.4, -0.2) is 39.8 Å². The summed E-state index contributed by atoms with van der Waals surface area (Å²) in [6.45, 7) is 1.00. The van der Waals surface area contributed by atoms with Crippen molar-refractivity contribution < 1.29 is 17.5 Å². The lowest BCUT2D eigenvalue weighted by Crippen LogP contribution is -2.62. The molecule has 2 aliphatic rings. The lowest BCUT2D eigenvalue weighted by atomic mass is 9.93. The third-order valence-electron chi connectivity index (χ3n) is 3.82. The first-order valence-corrected chi connectivity index (χ1v) is 8.17. The number of ether oxygens (including phenoxy) is 1. The summed E-state index contributed by atoms with van der Waals surface area (Å²) in [4.78, 5) is -0.320. The van der Waals surface area contributed by atoms with Crippen molar-refractivity contribution in [2.24, 2.45) is 0 Å². The van der Waals surface area contributed by atoms with Crippen molar-refractivity contribution in [1.29, 1.82) is 0 Å². The second-order valence-electron chi connectivity index (χ2n) is 5.17. The van der Waals surface area contributed by atoms with E-state index >= 15 is 0 Å². The van der Waals surface area contributed by atoms with E-state index in [4.69, 9.17) is 4.74 Å². The van der Waals surface area contributed by atoms with E-state index in [2.05, 4.69) is 10.0 Å². The maximum Gasteiger partial charge on any atom is 0.243 e. The minimum Gasteiger partial charge on any atom is -0.371 e. The van der Waals surface area contributed by atoms with Crippen LogP contribution in [0.15, 0.2) is 29.2 Å². The van der Waals surface area contributed by atoms with Crippen LogP contribution in [0, 0.1) is 5.82 Å². The summed E-state index contributed by atoms with van der Waals surface area (Å²) in [5.41, 5.74) is 0. The number of benzene rings is 1. The molecular formula is C13H17FN2O3S. The van der Waals surface area contributed by atoms with Gasteiger partial charge in [0.1, 0.15) is 10.7 Å². The van der Waals surface area contributed by atoms with Crippen LogP contribution in [0.25, 0.3) is 0 Å². The zero-order valence-corrected chi connectivity index (χ0v) is 11.7. The predicted molar refractivity (Wildman–Crippen MR) is 71.3 cm³/mol. The molecule has 0 saturated carbocycles. The van der Waals surface area contributed by atoms with Crippen molar-refractivity contribution >= 4 is 10.0 Å². The molecule has 110 valence electrons. The number of fused-ring (bicyclic) bond motifs is 1. The zero-order valence-electron chi connectivity index (χ0n) is 10.9. The molecule has 0 unspecified atom stereocenters. The molecule has 0 radical (unpaired) electrons. The van der Waals surface area contributed by atoms with Crippen LogP contribution in [0.5, 0.6) is 0 Å². The van der Waals surface area contributed by atoms with Gasteiger partial charge in [0, 0.05) is 19.1 Å². The number of sulfonamides is 1. The summed E-state index contributed by atoms with van der Waals surface area (Å²) in [7, 11) is -3.82. The Balaban J connectivity index is 1.61. The number of hydrogen-bond donors (Lipinski definition) is 2. The van der Waals surface area contributed by atoms with Crippen molar-refractivity contribution in [3.63, 3.8) is 0 Å². The molecule has 3 atom stereocenters. The van der Waals surface area contributed by atoms with Gasteiger partial charge in [0.2, 0.25) is 10.0 Å². The SMILES string of the molecule is O=S(=O)(NC[C@@H]1CC[C@H]2NC[C@H]2O1)c1ccccc1F. The van der Waals surface area contributed by atoms with Gasteiger partial charge in [-0.1, -0.05) is 12.1 Å². The van der Waals surface area contributed by atoms with Crippen LogP contribution < -0.4 is 10.0 Å². The van der Waals surface area contributed by atoms with E-state index in [-0.39, 0.29) is 23.6 Å². The van der Waals surface area contributed by atoms with Gasteiger partial charge in [-0.25, -0.2) is 17.5 Å². The highest BCUT2D eigenvalue weighted by molar-refractivity contribution is 7.89. The van der Waals surface area contributed by atoms with E-state index < -0.39 is 15.8 Å². The Bertz CT molecular complexity index is 593.